The Morgan fingerprint density at radius 3 is 2.50 bits per heavy atom. The largest absolute Gasteiger partial charge is 0.352 e. The maximum Gasteiger partial charge on any atom is 0.269 e. The van der Waals surface area contributed by atoms with Crippen molar-refractivity contribution in [2.45, 2.75) is 20.3 Å². The van der Waals surface area contributed by atoms with Gasteiger partial charge in [-0.3, -0.25) is 14.9 Å². The van der Waals surface area contributed by atoms with Crippen molar-refractivity contribution in [1.29, 1.82) is 0 Å². The van der Waals surface area contributed by atoms with Gasteiger partial charge in [0.05, 0.1) is 4.92 Å². The third-order valence-corrected chi connectivity index (χ3v) is 4.51. The number of nitro benzene ring substituents is 1. The monoisotopic (exact) mass is 334 g/mol. The van der Waals surface area contributed by atoms with E-state index in [9.17, 15) is 14.9 Å². The summed E-state index contributed by atoms with van der Waals surface area (Å²) in [6, 6.07) is 4.32. The van der Waals surface area contributed by atoms with Crippen molar-refractivity contribution in [3.8, 4) is 0 Å². The maximum absolute atomic E-state index is 12.2. The van der Waals surface area contributed by atoms with Crippen molar-refractivity contribution in [3.63, 3.8) is 0 Å². The first-order valence-electron chi connectivity index (χ1n) is 8.49. The van der Waals surface area contributed by atoms with Gasteiger partial charge < -0.3 is 15.1 Å². The van der Waals surface area contributed by atoms with E-state index >= 15 is 0 Å². The molecule has 1 amide bonds. The predicted octanol–water partition coefficient (Wildman–Crippen LogP) is 1.66. The van der Waals surface area contributed by atoms with Gasteiger partial charge in [-0.1, -0.05) is 6.92 Å². The highest BCUT2D eigenvalue weighted by atomic mass is 16.6. The van der Waals surface area contributed by atoms with Gasteiger partial charge in [0, 0.05) is 50.4 Å². The molecule has 1 heterocycles. The molecule has 7 nitrogen and oxygen atoms in total. The Morgan fingerprint density at radius 2 is 1.92 bits per heavy atom. The van der Waals surface area contributed by atoms with Crippen LogP contribution in [-0.4, -0.2) is 66.4 Å². The Hall–Kier alpha value is -1.99. The number of benzene rings is 1. The Bertz CT molecular complexity index is 583. The molecule has 0 spiro atoms. The molecular formula is C17H26N4O3. The van der Waals surface area contributed by atoms with Gasteiger partial charge in [-0.25, -0.2) is 0 Å². The normalized spacial score (nSPS) is 16.1. The zero-order valence-electron chi connectivity index (χ0n) is 14.5. The van der Waals surface area contributed by atoms with Crippen molar-refractivity contribution in [1.82, 2.24) is 15.1 Å². The molecule has 1 aromatic rings. The van der Waals surface area contributed by atoms with Gasteiger partial charge >= 0.3 is 0 Å². The Labute approximate surface area is 142 Å². The Kier molecular flexibility index (Phi) is 6.69. The van der Waals surface area contributed by atoms with E-state index in [1.54, 1.807) is 6.92 Å². The van der Waals surface area contributed by atoms with Crippen LogP contribution in [0.5, 0.6) is 0 Å². The fourth-order valence-electron chi connectivity index (χ4n) is 2.95. The van der Waals surface area contributed by atoms with Crippen molar-refractivity contribution < 1.29 is 9.72 Å². The van der Waals surface area contributed by atoms with E-state index in [0.717, 1.165) is 45.7 Å². The zero-order valence-corrected chi connectivity index (χ0v) is 14.5. The maximum atomic E-state index is 12.2. The zero-order chi connectivity index (χ0) is 17.5. The molecular weight excluding hydrogens is 308 g/mol. The molecule has 24 heavy (non-hydrogen) atoms. The number of nitro groups is 1. The molecule has 1 aliphatic rings. The van der Waals surface area contributed by atoms with E-state index < -0.39 is 4.92 Å². The molecule has 0 unspecified atom stereocenters. The molecule has 0 aromatic heterocycles. The summed E-state index contributed by atoms with van der Waals surface area (Å²) in [5.74, 6) is -0.168. The van der Waals surface area contributed by atoms with E-state index in [-0.39, 0.29) is 11.6 Å². The van der Waals surface area contributed by atoms with Crippen LogP contribution in [0.2, 0.25) is 0 Å². The van der Waals surface area contributed by atoms with Gasteiger partial charge in [-0.15, -0.1) is 0 Å². The standard InChI is InChI=1S/C17H26N4O3/c1-3-19-9-11-20(12-10-19)8-4-7-18-17(22)16-6-5-15(21(23)24)13-14(16)2/h5-6,13H,3-4,7-12H2,1-2H3,(H,18,22). The first-order chi connectivity index (χ1) is 11.5. The van der Waals surface area contributed by atoms with Crippen LogP contribution in [0.15, 0.2) is 18.2 Å². The number of amides is 1. The van der Waals surface area contributed by atoms with Crippen LogP contribution < -0.4 is 5.32 Å². The molecule has 0 atom stereocenters. The number of nitrogens with zero attached hydrogens (tertiary/aromatic N) is 3. The lowest BCUT2D eigenvalue weighted by atomic mass is 10.1. The van der Waals surface area contributed by atoms with Gasteiger partial charge in [-0.2, -0.15) is 0 Å². The predicted molar refractivity (Wildman–Crippen MR) is 93.3 cm³/mol. The number of piperazine rings is 1. The lowest BCUT2D eigenvalue weighted by Crippen LogP contribution is -2.46. The van der Waals surface area contributed by atoms with E-state index in [2.05, 4.69) is 22.0 Å². The number of hydrogen-bond acceptors (Lipinski definition) is 5. The molecule has 0 aliphatic carbocycles. The summed E-state index contributed by atoms with van der Waals surface area (Å²) in [6.45, 7) is 11.0. The molecule has 1 fully saturated rings. The van der Waals surface area contributed by atoms with E-state index in [1.807, 2.05) is 0 Å². The number of rotatable bonds is 7. The van der Waals surface area contributed by atoms with Crippen LogP contribution in [0.4, 0.5) is 5.69 Å². The smallest absolute Gasteiger partial charge is 0.269 e. The molecule has 2 rings (SSSR count). The summed E-state index contributed by atoms with van der Waals surface area (Å²) in [7, 11) is 0. The van der Waals surface area contributed by atoms with Gasteiger partial charge in [0.15, 0.2) is 0 Å². The average Bonchev–Trinajstić information content (AvgIpc) is 2.58. The Morgan fingerprint density at radius 1 is 1.25 bits per heavy atom. The van der Waals surface area contributed by atoms with Crippen LogP contribution in [0.3, 0.4) is 0 Å². The second-order valence-corrected chi connectivity index (χ2v) is 6.14. The molecule has 0 bridgehead atoms. The van der Waals surface area contributed by atoms with Crippen molar-refractivity contribution in [2.75, 3.05) is 45.8 Å². The summed E-state index contributed by atoms with van der Waals surface area (Å²) in [5, 5.41) is 13.6. The number of likely N-dealkylation sites (N-methyl/N-ethyl adjacent to an activating group) is 1. The Balaban J connectivity index is 1.73. The SMILES string of the molecule is CCN1CCN(CCCNC(=O)c2ccc([N+](=O)[O-])cc2C)CC1. The molecule has 0 saturated carbocycles. The van der Waals surface area contributed by atoms with Crippen molar-refractivity contribution in [2.24, 2.45) is 0 Å². The number of non-ortho nitro benzene ring substituents is 1. The van der Waals surface area contributed by atoms with E-state index in [0.29, 0.717) is 17.7 Å². The minimum absolute atomic E-state index is 0.00951. The first kappa shape index (κ1) is 18.4. The fraction of sp³-hybridized carbons (Fsp3) is 0.588. The molecule has 7 heteroatoms. The highest BCUT2D eigenvalue weighted by molar-refractivity contribution is 5.95. The van der Waals surface area contributed by atoms with Crippen LogP contribution in [0, 0.1) is 17.0 Å². The molecule has 132 valence electrons. The molecule has 1 aromatic carbocycles. The van der Waals surface area contributed by atoms with Crippen molar-refractivity contribution in [3.05, 3.63) is 39.4 Å². The van der Waals surface area contributed by atoms with Gasteiger partial charge in [0.2, 0.25) is 0 Å². The summed E-state index contributed by atoms with van der Waals surface area (Å²) in [4.78, 5) is 27.3. The van der Waals surface area contributed by atoms with Crippen LogP contribution in [0.1, 0.15) is 29.3 Å². The third kappa shape index (κ3) is 5.01. The highest BCUT2D eigenvalue weighted by Crippen LogP contribution is 2.17. The van der Waals surface area contributed by atoms with Crippen LogP contribution in [0.25, 0.3) is 0 Å². The summed E-state index contributed by atoms with van der Waals surface area (Å²) in [5.41, 5.74) is 1.13. The van der Waals surface area contributed by atoms with E-state index in [4.69, 9.17) is 0 Å². The van der Waals surface area contributed by atoms with Gasteiger partial charge in [0.1, 0.15) is 0 Å². The molecule has 1 saturated heterocycles. The second kappa shape index (κ2) is 8.75. The number of hydrogen-bond donors (Lipinski definition) is 1. The minimum Gasteiger partial charge on any atom is -0.352 e. The second-order valence-electron chi connectivity index (χ2n) is 6.14. The average molecular weight is 334 g/mol. The molecule has 0 radical (unpaired) electrons. The van der Waals surface area contributed by atoms with Gasteiger partial charge in [-0.05, 0) is 38.1 Å². The molecule has 1 aliphatic heterocycles. The van der Waals surface area contributed by atoms with Gasteiger partial charge in [0.25, 0.3) is 11.6 Å². The van der Waals surface area contributed by atoms with E-state index in [1.165, 1.54) is 18.2 Å². The quantitative estimate of drug-likeness (QED) is 0.466. The third-order valence-electron chi connectivity index (χ3n) is 4.51. The summed E-state index contributed by atoms with van der Waals surface area (Å²) in [6.07, 6.45) is 0.907. The van der Waals surface area contributed by atoms with Crippen molar-refractivity contribution >= 4 is 11.6 Å². The lowest BCUT2D eigenvalue weighted by Gasteiger charge is -2.33. The topological polar surface area (TPSA) is 78.7 Å². The fourth-order valence-corrected chi connectivity index (χ4v) is 2.95. The first-order valence-corrected chi connectivity index (χ1v) is 8.49. The summed E-state index contributed by atoms with van der Waals surface area (Å²) >= 11 is 0. The lowest BCUT2D eigenvalue weighted by molar-refractivity contribution is -0.384. The summed E-state index contributed by atoms with van der Waals surface area (Å²) < 4.78 is 0. The minimum atomic E-state index is -0.451. The number of carbonyl (C=O) groups excluding carboxylic acids is 1. The highest BCUT2D eigenvalue weighted by Gasteiger charge is 2.15. The number of carbonyl (C=O) groups is 1. The number of aryl methyl sites for hydroxylation is 1. The van der Waals surface area contributed by atoms with Crippen LogP contribution in [-0.2, 0) is 0 Å². The number of nitrogens with one attached hydrogen (secondary N) is 1. The molecule has 1 N–H and O–H groups in total. The van der Waals surface area contributed by atoms with Crippen LogP contribution >= 0.6 is 0 Å².